The minimum atomic E-state index is -1.98. The number of phenolic OH excluding ortho intramolecular Hbond substituents is 2. The highest BCUT2D eigenvalue weighted by Gasteiger charge is 2.47. The number of carboxylic acid groups (broad SMARTS) is 1. The number of aromatic nitrogens is 1. The van der Waals surface area contributed by atoms with E-state index in [2.05, 4.69) is 52.8 Å². The number of aliphatic carboxylic acids is 1. The number of aromatic hydroxyl groups is 2. The molecule has 133 heavy (non-hydrogen) atoms. The largest absolute Gasteiger partial charge is 0.508 e. The third-order valence-corrected chi connectivity index (χ3v) is 24.5. The molecule has 0 spiro atoms. The molecule has 2 aliphatic rings. The van der Waals surface area contributed by atoms with E-state index < -0.39 is 223 Å². The third kappa shape index (κ3) is 30.2. The standard InChI is InChI=1S/C96H122N16O20S/c1-10-11-31-76-95(131)112-52-66(115)48-79(112)91(127)104-72(49-83(119)120)89(125)107-84(57(4)5)96(132)111(9)78(46-60-27-19-14-20-28-60)90(126)105-73(45-62-34-39-65(114)40-35-62)92(128)108(6)53-81(117)100-71(47-63-50-98-68-30-22-21-29-67(63)68)88(124)103-70(43-61-32-37-64(113)38-33-61)87(123)102-69(42-56(2)3)86(122)106-75(85(121)99-51-80(97)116)54-133-55-82(118)101-74(44-59-25-17-13-18-26-59)93(129)109(7)77(94(130)110(76)8)41-36-58-23-15-12-16-24-58/h12-30,32-35,37-40,50,56-57,66,69-79,84,98,113-115H,10-11,31,36,41-49,51-55H2,1-9H3,(H2,97,116)(H,99,121)(H,100,117)(H,101,118)(H,102,123)(H,103,124)(H,104,127)(H,105,126)(H,106,122)(H,107,125)(H,119,120)/t66-,69-,70-,71-,72-,73-,74-,75-,76-,77-,78-,79+,84-/m0/s1. The van der Waals surface area contributed by atoms with Gasteiger partial charge in [0.25, 0.3) is 0 Å². The molecule has 16 N–H and O–H groups in total. The molecule has 2 saturated heterocycles. The van der Waals surface area contributed by atoms with E-state index in [1.54, 1.807) is 137 Å². The maximum atomic E-state index is 15.7. The lowest BCUT2D eigenvalue weighted by molar-refractivity contribution is -0.152. The number of amides is 15. The molecule has 2 fully saturated rings. The zero-order chi connectivity index (χ0) is 96.9. The molecule has 3 heterocycles. The number of fused-ring (bicyclic) bond motifs is 2. The maximum Gasteiger partial charge on any atom is 0.305 e. The van der Waals surface area contributed by atoms with Crippen LogP contribution in [-0.4, -0.2) is 282 Å². The molecule has 13 atom stereocenters. The zero-order valence-electron chi connectivity index (χ0n) is 76.1. The van der Waals surface area contributed by atoms with Crippen molar-refractivity contribution in [3.05, 3.63) is 203 Å². The lowest BCUT2D eigenvalue weighted by atomic mass is 9.98. The van der Waals surface area contributed by atoms with Crippen LogP contribution < -0.4 is 53.6 Å². The summed E-state index contributed by atoms with van der Waals surface area (Å²) in [6, 6.07) is 25.6. The summed E-state index contributed by atoms with van der Waals surface area (Å²) in [5.41, 5.74) is 9.26. The van der Waals surface area contributed by atoms with Crippen LogP contribution in [0.2, 0.25) is 0 Å². The number of aliphatic hydroxyl groups excluding tert-OH is 1. The lowest BCUT2D eigenvalue weighted by Gasteiger charge is -2.38. The van der Waals surface area contributed by atoms with Crippen molar-refractivity contribution in [2.45, 2.75) is 197 Å². The SMILES string of the molecule is CCCC[C@H]1C(=O)N2C[C@@H](O)C[C@@H]2C(=O)N[C@@H](CC(=O)O)C(=O)N[C@@H](C(C)C)C(=O)N(C)[C@@H](Cc2ccccc2)C(=O)N[C@@H](Cc2ccc(O)cc2)C(=O)N(C)CC(=O)N[C@@H](Cc2c[nH]c3ccccc23)C(=O)N[C@@H](Cc2ccc(O)cc2)C(=O)N[C@@H](CC(C)C)C(=O)N[C@H](C(=O)NCC(N)=O)CSCC(=O)N[C@@H](Cc2ccccc2)C(=O)N(C)[C@@H](CCc2ccccc2)C(=O)N1C. The second-order valence-electron chi connectivity index (χ2n) is 34.5. The van der Waals surface area contributed by atoms with Crippen LogP contribution in [0.25, 0.3) is 10.9 Å². The van der Waals surface area contributed by atoms with E-state index in [0.717, 1.165) is 36.9 Å². The van der Waals surface area contributed by atoms with Gasteiger partial charge in [0.05, 0.1) is 31.4 Å². The summed E-state index contributed by atoms with van der Waals surface area (Å²) in [4.78, 5) is 246. The van der Waals surface area contributed by atoms with Gasteiger partial charge in [-0.3, -0.25) is 76.7 Å². The fourth-order valence-electron chi connectivity index (χ4n) is 16.1. The van der Waals surface area contributed by atoms with E-state index in [-0.39, 0.29) is 75.2 Å². The Morgan fingerprint density at radius 2 is 0.985 bits per heavy atom. The van der Waals surface area contributed by atoms with Crippen LogP contribution in [0.15, 0.2) is 170 Å². The van der Waals surface area contributed by atoms with Gasteiger partial charge in [0.15, 0.2) is 0 Å². The zero-order valence-corrected chi connectivity index (χ0v) is 76.9. The number of phenols is 2. The summed E-state index contributed by atoms with van der Waals surface area (Å²) in [5, 5.41) is 67.3. The average molecular weight is 1850 g/mol. The van der Waals surface area contributed by atoms with E-state index in [9.17, 15) is 54.0 Å². The van der Waals surface area contributed by atoms with Gasteiger partial charge in [0.1, 0.15) is 84.0 Å². The Labute approximate surface area is 776 Å². The van der Waals surface area contributed by atoms with Crippen LogP contribution in [0.1, 0.15) is 113 Å². The van der Waals surface area contributed by atoms with Crippen LogP contribution in [0, 0.1) is 11.8 Å². The molecule has 0 bridgehead atoms. The second kappa shape index (κ2) is 49.5. The van der Waals surface area contributed by atoms with Gasteiger partial charge >= 0.3 is 5.97 Å². The average Bonchev–Trinajstić information content (AvgIpc) is 1.75. The highest BCUT2D eigenvalue weighted by Crippen LogP contribution is 2.28. The summed E-state index contributed by atoms with van der Waals surface area (Å²) < 4.78 is 0. The number of primary amides is 1. The number of aliphatic hydroxyl groups is 1. The summed E-state index contributed by atoms with van der Waals surface area (Å²) in [7, 11) is 5.26. The Morgan fingerprint density at radius 1 is 0.496 bits per heavy atom. The van der Waals surface area contributed by atoms with Crippen molar-refractivity contribution in [1.82, 2.24) is 77.3 Å². The fraction of sp³-hybridized carbons (Fsp3) is 0.438. The molecule has 15 amide bonds. The van der Waals surface area contributed by atoms with Gasteiger partial charge in [0.2, 0.25) is 88.6 Å². The van der Waals surface area contributed by atoms with Gasteiger partial charge in [-0.2, -0.15) is 0 Å². The number of nitrogens with one attached hydrogen (secondary N) is 10. The molecular weight excluding hydrogens is 1730 g/mol. The Hall–Kier alpha value is -13.7. The van der Waals surface area contributed by atoms with Crippen LogP contribution in [0.3, 0.4) is 0 Å². The number of aryl methyl sites for hydroxylation is 1. The summed E-state index contributed by atoms with van der Waals surface area (Å²) in [5.74, 6) is -17.8. The van der Waals surface area contributed by atoms with E-state index in [0.29, 0.717) is 51.6 Å². The number of nitrogens with two attached hydrogens (primary N) is 1. The number of thioether (sulfide) groups is 1. The number of aromatic amines is 1. The topological polar surface area (TPSA) is 520 Å². The molecule has 0 radical (unpaired) electrons. The molecule has 0 aliphatic carbocycles. The number of carbonyl (C=O) groups excluding carboxylic acids is 15. The number of nitrogens with zero attached hydrogens (tertiary/aromatic N) is 5. The van der Waals surface area contributed by atoms with Gasteiger partial charge < -0.3 is 103 Å². The fourth-order valence-corrected chi connectivity index (χ4v) is 17.0. The number of unbranched alkanes of at least 4 members (excludes halogenated alkanes) is 1. The number of hydrogen-bond acceptors (Lipinski definition) is 20. The van der Waals surface area contributed by atoms with E-state index in [1.807, 2.05) is 19.1 Å². The Morgan fingerprint density at radius 3 is 1.56 bits per heavy atom. The molecule has 6 aromatic carbocycles. The number of hydrogen-bond donors (Lipinski definition) is 15. The highest BCUT2D eigenvalue weighted by atomic mass is 32.2. The van der Waals surface area contributed by atoms with Gasteiger partial charge in [0, 0.05) is 96.1 Å². The van der Waals surface area contributed by atoms with E-state index >= 15 is 43.2 Å². The Bertz CT molecular complexity index is 5230. The van der Waals surface area contributed by atoms with Crippen molar-refractivity contribution in [3.8, 4) is 11.5 Å². The highest BCUT2D eigenvalue weighted by molar-refractivity contribution is 8.00. The summed E-state index contributed by atoms with van der Waals surface area (Å²) in [6.07, 6.45) is -1.70. The smallest absolute Gasteiger partial charge is 0.305 e. The van der Waals surface area contributed by atoms with Gasteiger partial charge in [-0.05, 0) is 101 Å². The molecule has 9 rings (SSSR count). The Balaban J connectivity index is 1.13. The van der Waals surface area contributed by atoms with Crippen LogP contribution in [-0.2, 0) is 115 Å². The molecule has 37 heteroatoms. The van der Waals surface area contributed by atoms with Gasteiger partial charge in [-0.25, -0.2) is 0 Å². The number of benzene rings is 6. The molecule has 1 aromatic heterocycles. The number of H-pyrrole nitrogens is 1. The number of carboxylic acids is 1. The van der Waals surface area contributed by atoms with Crippen LogP contribution in [0.5, 0.6) is 11.5 Å². The van der Waals surface area contributed by atoms with Gasteiger partial charge in [-0.15, -0.1) is 11.8 Å². The van der Waals surface area contributed by atoms with E-state index in [1.165, 1.54) is 81.6 Å². The predicted octanol–water partition coefficient (Wildman–Crippen LogP) is 2.22. The normalized spacial score (nSPS) is 23.1. The van der Waals surface area contributed by atoms with Crippen molar-refractivity contribution in [3.63, 3.8) is 0 Å². The first-order chi connectivity index (χ1) is 63.4. The molecule has 36 nitrogen and oxygen atoms in total. The number of rotatable bonds is 24. The molecular formula is C96H122N16O20S. The number of likely N-dealkylation sites (N-methyl/N-ethyl adjacent to an activating group) is 4. The van der Waals surface area contributed by atoms with Crippen molar-refractivity contribution in [1.29, 1.82) is 0 Å². The van der Waals surface area contributed by atoms with E-state index in [4.69, 9.17) is 5.73 Å². The van der Waals surface area contributed by atoms with Crippen LogP contribution in [0.4, 0.5) is 0 Å². The minimum absolute atomic E-state index is 0.0233. The van der Waals surface area contributed by atoms with Crippen LogP contribution >= 0.6 is 11.8 Å². The van der Waals surface area contributed by atoms with Gasteiger partial charge in [-0.1, -0.05) is 181 Å². The molecule has 0 unspecified atom stereocenters. The number of carbonyl (C=O) groups is 16. The first-order valence-electron chi connectivity index (χ1n) is 44.4. The third-order valence-electron chi connectivity index (χ3n) is 23.4. The first-order valence-corrected chi connectivity index (χ1v) is 45.5. The molecule has 7 aromatic rings. The lowest BCUT2D eigenvalue weighted by Crippen LogP contribution is -2.61. The number of para-hydroxylation sites is 1. The maximum absolute atomic E-state index is 15.7. The second-order valence-corrected chi connectivity index (χ2v) is 35.6. The quantitative estimate of drug-likeness (QED) is 0.0412. The molecule has 2 aliphatic heterocycles. The van der Waals surface area contributed by atoms with Crippen molar-refractivity contribution >= 4 is 117 Å². The van der Waals surface area contributed by atoms with Crippen molar-refractivity contribution in [2.24, 2.45) is 17.6 Å². The minimum Gasteiger partial charge on any atom is -0.508 e. The molecule has 712 valence electrons. The summed E-state index contributed by atoms with van der Waals surface area (Å²) in [6.45, 7) is 6.46. The predicted molar refractivity (Wildman–Crippen MR) is 495 cm³/mol. The Kier molecular flexibility index (Phi) is 38.4. The summed E-state index contributed by atoms with van der Waals surface area (Å²) >= 11 is 0.824. The molecule has 0 saturated carbocycles. The monoisotopic (exact) mass is 1850 g/mol. The first kappa shape index (κ1) is 103. The van der Waals surface area contributed by atoms with Crippen molar-refractivity contribution in [2.75, 3.05) is 59.3 Å². The van der Waals surface area contributed by atoms with Crippen molar-refractivity contribution < 1.29 is 97.1 Å².